The smallest absolute Gasteiger partial charge is 0.303 e. The number of esters is 5. The average molecular weight is 552 g/mol. The molecule has 3 N–H and O–H groups in total. The van der Waals surface area contributed by atoms with Gasteiger partial charge in [0.15, 0.2) is 24.4 Å². The van der Waals surface area contributed by atoms with Crippen LogP contribution in [0.2, 0.25) is 0 Å². The molecule has 216 valence electrons. The molecule has 16 nitrogen and oxygen atoms in total. The van der Waals surface area contributed by atoms with Crippen molar-refractivity contribution in [2.45, 2.75) is 89.4 Å². The number of rotatable bonds is 10. The summed E-state index contributed by atoms with van der Waals surface area (Å²) in [6.07, 6.45) is -12.8. The van der Waals surface area contributed by atoms with E-state index in [2.05, 4.69) is 0 Å². The second kappa shape index (κ2) is 13.3. The van der Waals surface area contributed by atoms with Gasteiger partial charge in [0, 0.05) is 34.6 Å². The summed E-state index contributed by atoms with van der Waals surface area (Å²) in [6, 6.07) is 0. The van der Waals surface area contributed by atoms with Crippen LogP contribution in [0.5, 0.6) is 0 Å². The molecule has 2 saturated heterocycles. The molecule has 0 amide bonds. The molecule has 0 aromatic heterocycles. The van der Waals surface area contributed by atoms with Crippen molar-refractivity contribution in [1.29, 1.82) is 0 Å². The second-order valence-electron chi connectivity index (χ2n) is 8.51. The summed E-state index contributed by atoms with van der Waals surface area (Å²) in [5, 5.41) is 30.9. The first-order chi connectivity index (χ1) is 17.7. The van der Waals surface area contributed by atoms with Gasteiger partial charge in [-0.1, -0.05) is 0 Å². The number of aliphatic hydroxyl groups is 3. The molecule has 2 heterocycles. The molecule has 2 aliphatic heterocycles. The molecule has 9 atom stereocenters. The highest BCUT2D eigenvalue weighted by Crippen LogP contribution is 2.40. The maximum Gasteiger partial charge on any atom is 0.303 e. The van der Waals surface area contributed by atoms with E-state index in [9.17, 15) is 39.3 Å². The molecule has 16 heteroatoms. The van der Waals surface area contributed by atoms with Crippen molar-refractivity contribution in [1.82, 2.24) is 0 Å². The van der Waals surface area contributed by atoms with E-state index < -0.39 is 104 Å². The maximum atomic E-state index is 11.9. The van der Waals surface area contributed by atoms with Crippen LogP contribution in [0.1, 0.15) is 34.6 Å². The molecule has 0 bridgehead atoms. The molecule has 2 aliphatic rings. The standard InChI is InChI=1S/C22H32O16/c1-9(25)31-7-15-16(30)18(33-11(3)27)19(34-12(4)28)21(36-15)38-22(8-24)20(35-13(5)29)17(32-10(2)26)14(6-23)37-22/h14-21,23-24,30H,6-8H2,1-5H3. The Balaban J connectivity index is 2.55. The van der Waals surface area contributed by atoms with E-state index in [4.69, 9.17) is 37.9 Å². The van der Waals surface area contributed by atoms with Crippen LogP contribution in [0, 0.1) is 0 Å². The number of hydrogen-bond acceptors (Lipinski definition) is 16. The van der Waals surface area contributed by atoms with Crippen LogP contribution in [0.15, 0.2) is 0 Å². The lowest BCUT2D eigenvalue weighted by atomic mass is 9.98. The van der Waals surface area contributed by atoms with E-state index in [0.717, 1.165) is 34.6 Å². The van der Waals surface area contributed by atoms with Gasteiger partial charge in [0.2, 0.25) is 12.1 Å². The Kier molecular flexibility index (Phi) is 10.9. The molecular formula is C22H32O16. The van der Waals surface area contributed by atoms with Crippen LogP contribution in [-0.2, 0) is 61.9 Å². The highest BCUT2D eigenvalue weighted by atomic mass is 16.8. The summed E-state index contributed by atoms with van der Waals surface area (Å²) in [5.74, 6) is -6.67. The van der Waals surface area contributed by atoms with Crippen LogP contribution in [0.25, 0.3) is 0 Å². The van der Waals surface area contributed by atoms with Gasteiger partial charge >= 0.3 is 29.8 Å². The highest BCUT2D eigenvalue weighted by Gasteiger charge is 2.63. The molecule has 0 spiro atoms. The number of hydrogen-bond donors (Lipinski definition) is 3. The van der Waals surface area contributed by atoms with Gasteiger partial charge in [-0.15, -0.1) is 0 Å². The van der Waals surface area contributed by atoms with E-state index >= 15 is 0 Å². The predicted molar refractivity (Wildman–Crippen MR) is 116 cm³/mol. The van der Waals surface area contributed by atoms with E-state index in [1.165, 1.54) is 0 Å². The quantitative estimate of drug-likeness (QED) is 0.188. The van der Waals surface area contributed by atoms with Crippen molar-refractivity contribution in [3.05, 3.63) is 0 Å². The molecule has 0 saturated carbocycles. The Morgan fingerprint density at radius 3 is 1.74 bits per heavy atom. The number of carbonyl (C=O) groups excluding carboxylic acids is 5. The molecule has 9 unspecified atom stereocenters. The summed E-state index contributed by atoms with van der Waals surface area (Å²) in [6.45, 7) is 2.76. The minimum absolute atomic E-state index is 0.559. The number of ether oxygens (including phenoxy) is 8. The van der Waals surface area contributed by atoms with Crippen LogP contribution < -0.4 is 0 Å². The Morgan fingerprint density at radius 2 is 1.26 bits per heavy atom. The molecule has 0 aliphatic carbocycles. The first kappa shape index (κ1) is 31.3. The lowest BCUT2D eigenvalue weighted by Gasteiger charge is -2.45. The monoisotopic (exact) mass is 552 g/mol. The SMILES string of the molecule is CC(=O)OCC1OC(OC2(CO)OC(CO)C(OC(C)=O)C2OC(C)=O)C(OC(C)=O)C(OC(C)=O)C1O. The van der Waals surface area contributed by atoms with Gasteiger partial charge in [-0.2, -0.15) is 0 Å². The maximum absolute atomic E-state index is 11.9. The van der Waals surface area contributed by atoms with Crippen molar-refractivity contribution in [2.24, 2.45) is 0 Å². The molecule has 2 rings (SSSR count). The third-order valence-electron chi connectivity index (χ3n) is 5.43. The van der Waals surface area contributed by atoms with Gasteiger partial charge in [0.05, 0.1) is 6.61 Å². The van der Waals surface area contributed by atoms with Gasteiger partial charge in [0.1, 0.15) is 31.5 Å². The summed E-state index contributed by atoms with van der Waals surface area (Å²) in [4.78, 5) is 58.6. The zero-order valence-electron chi connectivity index (χ0n) is 21.4. The first-order valence-electron chi connectivity index (χ1n) is 11.5. The Morgan fingerprint density at radius 1 is 0.737 bits per heavy atom. The van der Waals surface area contributed by atoms with Crippen LogP contribution in [0.3, 0.4) is 0 Å². The average Bonchev–Trinajstić information content (AvgIpc) is 3.08. The molecule has 0 aromatic carbocycles. The topological polar surface area (TPSA) is 220 Å². The van der Waals surface area contributed by atoms with Crippen molar-refractivity contribution in [3.8, 4) is 0 Å². The zero-order chi connectivity index (χ0) is 28.8. The summed E-state index contributed by atoms with van der Waals surface area (Å²) >= 11 is 0. The Hall–Kier alpha value is -2.89. The Labute approximate surface area is 216 Å². The fourth-order valence-corrected chi connectivity index (χ4v) is 4.06. The molecule has 2 fully saturated rings. The molecule has 38 heavy (non-hydrogen) atoms. The van der Waals surface area contributed by atoms with Gasteiger partial charge in [-0.25, -0.2) is 0 Å². The second-order valence-corrected chi connectivity index (χ2v) is 8.51. The third kappa shape index (κ3) is 7.58. The van der Waals surface area contributed by atoms with Crippen molar-refractivity contribution >= 4 is 29.8 Å². The van der Waals surface area contributed by atoms with E-state index in [-0.39, 0.29) is 0 Å². The largest absolute Gasteiger partial charge is 0.463 e. The summed E-state index contributed by atoms with van der Waals surface area (Å²) in [7, 11) is 0. The lowest BCUT2D eigenvalue weighted by Crippen LogP contribution is -2.65. The van der Waals surface area contributed by atoms with Gasteiger partial charge in [-0.05, 0) is 0 Å². The van der Waals surface area contributed by atoms with Crippen molar-refractivity contribution in [3.63, 3.8) is 0 Å². The van der Waals surface area contributed by atoms with Crippen LogP contribution in [-0.4, -0.2) is 120 Å². The summed E-state index contributed by atoms with van der Waals surface area (Å²) < 4.78 is 42.9. The van der Waals surface area contributed by atoms with E-state index in [1.54, 1.807) is 0 Å². The lowest BCUT2D eigenvalue weighted by molar-refractivity contribution is -0.384. The van der Waals surface area contributed by atoms with E-state index in [0.29, 0.717) is 0 Å². The number of carbonyl (C=O) groups is 5. The molecule has 0 radical (unpaired) electrons. The first-order valence-corrected chi connectivity index (χ1v) is 11.5. The van der Waals surface area contributed by atoms with Crippen molar-refractivity contribution < 1.29 is 77.2 Å². The minimum Gasteiger partial charge on any atom is -0.463 e. The van der Waals surface area contributed by atoms with Crippen molar-refractivity contribution in [2.75, 3.05) is 19.8 Å². The Bertz CT molecular complexity index is 891. The van der Waals surface area contributed by atoms with Crippen LogP contribution in [0.4, 0.5) is 0 Å². The fraction of sp³-hybridized carbons (Fsp3) is 0.773. The molecule has 0 aromatic rings. The zero-order valence-corrected chi connectivity index (χ0v) is 21.4. The predicted octanol–water partition coefficient (Wildman–Crippen LogP) is -2.54. The van der Waals surface area contributed by atoms with Gasteiger partial charge < -0.3 is 53.2 Å². The number of aliphatic hydroxyl groups excluding tert-OH is 3. The fourth-order valence-electron chi connectivity index (χ4n) is 4.06. The molecular weight excluding hydrogens is 520 g/mol. The van der Waals surface area contributed by atoms with E-state index in [1.807, 2.05) is 0 Å². The van der Waals surface area contributed by atoms with Gasteiger partial charge in [-0.3, -0.25) is 24.0 Å². The third-order valence-corrected chi connectivity index (χ3v) is 5.43. The minimum atomic E-state index is -2.39. The summed E-state index contributed by atoms with van der Waals surface area (Å²) in [5.41, 5.74) is 0. The van der Waals surface area contributed by atoms with Crippen LogP contribution >= 0.6 is 0 Å². The van der Waals surface area contributed by atoms with Gasteiger partial charge in [0.25, 0.3) is 0 Å². The normalized spacial score (nSPS) is 34.6. The highest BCUT2D eigenvalue weighted by molar-refractivity contribution is 5.68.